The zero-order valence-electron chi connectivity index (χ0n) is 10.7. The van der Waals surface area contributed by atoms with E-state index in [1.165, 1.54) is 12.1 Å². The first-order valence-electron chi connectivity index (χ1n) is 6.06. The monoisotopic (exact) mass is 344 g/mol. The maximum Gasteiger partial charge on any atom is 0.335 e. The number of fused-ring (bicyclic) bond motifs is 1. The topological polar surface area (TPSA) is 71.7 Å². The second kappa shape index (κ2) is 5.14. The standard InChI is InChI=1S/C15H9BrN2O3/c16-11-3-1-2-9(6-11)14-17-12(8-19)13-7-10(15(20)21)4-5-18(13)14/h1-8H,(H,20,21). The van der Waals surface area contributed by atoms with Crippen molar-refractivity contribution in [3.8, 4) is 11.4 Å². The number of carboxylic acids is 1. The number of aldehydes is 1. The van der Waals surface area contributed by atoms with Gasteiger partial charge in [0.25, 0.3) is 0 Å². The number of hydrogen-bond donors (Lipinski definition) is 1. The highest BCUT2D eigenvalue weighted by Crippen LogP contribution is 2.25. The van der Waals surface area contributed by atoms with Crippen LogP contribution >= 0.6 is 15.9 Å². The lowest BCUT2D eigenvalue weighted by molar-refractivity contribution is 0.0696. The fraction of sp³-hybridized carbons (Fsp3) is 0. The van der Waals surface area contributed by atoms with Crippen molar-refractivity contribution in [1.82, 2.24) is 9.38 Å². The molecule has 0 aliphatic rings. The molecule has 104 valence electrons. The first-order chi connectivity index (χ1) is 10.1. The molecule has 0 radical (unpaired) electrons. The number of aromatic carboxylic acids is 1. The van der Waals surface area contributed by atoms with Crippen LogP contribution in [0.1, 0.15) is 20.8 Å². The number of carbonyl (C=O) groups is 2. The lowest BCUT2D eigenvalue weighted by Gasteiger charge is -2.03. The van der Waals surface area contributed by atoms with E-state index in [2.05, 4.69) is 20.9 Å². The normalized spacial score (nSPS) is 10.7. The van der Waals surface area contributed by atoms with Crippen LogP contribution in [0, 0.1) is 0 Å². The predicted molar refractivity (Wildman–Crippen MR) is 80.7 cm³/mol. The van der Waals surface area contributed by atoms with E-state index >= 15 is 0 Å². The van der Waals surface area contributed by atoms with Crippen LogP contribution in [0.4, 0.5) is 0 Å². The molecule has 2 aromatic heterocycles. The van der Waals surface area contributed by atoms with Gasteiger partial charge in [-0.25, -0.2) is 9.78 Å². The van der Waals surface area contributed by atoms with Crippen molar-refractivity contribution in [2.75, 3.05) is 0 Å². The molecule has 6 heteroatoms. The number of pyridine rings is 1. The Morgan fingerprint density at radius 3 is 2.76 bits per heavy atom. The van der Waals surface area contributed by atoms with Gasteiger partial charge in [0, 0.05) is 16.2 Å². The minimum atomic E-state index is -1.04. The smallest absolute Gasteiger partial charge is 0.335 e. The van der Waals surface area contributed by atoms with Crippen molar-refractivity contribution in [2.24, 2.45) is 0 Å². The minimum absolute atomic E-state index is 0.117. The van der Waals surface area contributed by atoms with Crippen LogP contribution in [0.3, 0.4) is 0 Å². The number of rotatable bonds is 3. The Balaban J connectivity index is 2.30. The average molecular weight is 345 g/mol. The van der Waals surface area contributed by atoms with E-state index in [0.717, 1.165) is 10.0 Å². The summed E-state index contributed by atoms with van der Waals surface area (Å²) in [5.74, 6) is -0.454. The Kier molecular flexibility index (Phi) is 3.31. The molecule has 1 N–H and O–H groups in total. The van der Waals surface area contributed by atoms with Crippen molar-refractivity contribution < 1.29 is 14.7 Å². The van der Waals surface area contributed by atoms with Gasteiger partial charge < -0.3 is 5.11 Å². The van der Waals surface area contributed by atoms with Gasteiger partial charge in [0.2, 0.25) is 0 Å². The molecule has 5 nitrogen and oxygen atoms in total. The molecule has 0 saturated heterocycles. The summed E-state index contributed by atoms with van der Waals surface area (Å²) in [6.07, 6.45) is 2.23. The van der Waals surface area contributed by atoms with E-state index in [0.29, 0.717) is 17.6 Å². The minimum Gasteiger partial charge on any atom is -0.478 e. The third kappa shape index (κ3) is 2.34. The molecule has 21 heavy (non-hydrogen) atoms. The zero-order chi connectivity index (χ0) is 15.0. The number of nitrogens with zero attached hydrogens (tertiary/aromatic N) is 2. The van der Waals surface area contributed by atoms with Crippen molar-refractivity contribution in [2.45, 2.75) is 0 Å². The fourth-order valence-corrected chi connectivity index (χ4v) is 2.56. The first kappa shape index (κ1) is 13.5. The van der Waals surface area contributed by atoms with E-state index in [-0.39, 0.29) is 11.3 Å². The van der Waals surface area contributed by atoms with Crippen LogP contribution in [0.15, 0.2) is 47.1 Å². The van der Waals surface area contributed by atoms with Crippen LogP contribution in [0.25, 0.3) is 16.9 Å². The van der Waals surface area contributed by atoms with Gasteiger partial charge in [0.05, 0.1) is 11.1 Å². The van der Waals surface area contributed by atoms with E-state index in [4.69, 9.17) is 5.11 Å². The highest BCUT2D eigenvalue weighted by atomic mass is 79.9. The third-order valence-corrected chi connectivity index (χ3v) is 3.61. The number of carbonyl (C=O) groups excluding carboxylic acids is 1. The molecular formula is C15H9BrN2O3. The molecule has 2 heterocycles. The van der Waals surface area contributed by atoms with Crippen molar-refractivity contribution in [3.63, 3.8) is 0 Å². The van der Waals surface area contributed by atoms with E-state index < -0.39 is 5.97 Å². The summed E-state index contributed by atoms with van der Waals surface area (Å²) in [4.78, 5) is 26.5. The first-order valence-corrected chi connectivity index (χ1v) is 6.86. The molecule has 0 atom stereocenters. The van der Waals surface area contributed by atoms with Gasteiger partial charge in [0.1, 0.15) is 11.5 Å². The van der Waals surface area contributed by atoms with Crippen LogP contribution in [0.5, 0.6) is 0 Å². The molecule has 0 bridgehead atoms. The van der Waals surface area contributed by atoms with E-state index in [1.54, 1.807) is 10.6 Å². The molecule has 0 saturated carbocycles. The van der Waals surface area contributed by atoms with Crippen molar-refractivity contribution >= 4 is 33.7 Å². The third-order valence-electron chi connectivity index (χ3n) is 3.11. The molecule has 0 spiro atoms. The van der Waals surface area contributed by atoms with Gasteiger partial charge in [-0.2, -0.15) is 0 Å². The molecule has 3 aromatic rings. The molecule has 0 amide bonds. The van der Waals surface area contributed by atoms with Crippen LogP contribution in [-0.2, 0) is 0 Å². The molecule has 0 aliphatic heterocycles. The van der Waals surface area contributed by atoms with Crippen LogP contribution in [0.2, 0.25) is 0 Å². The summed E-state index contributed by atoms with van der Waals surface area (Å²) in [7, 11) is 0. The number of aromatic nitrogens is 2. The Labute approximate surface area is 128 Å². The Bertz CT molecular complexity index is 870. The molecule has 0 unspecified atom stereocenters. The molecule has 0 fully saturated rings. The number of benzene rings is 1. The Morgan fingerprint density at radius 1 is 1.29 bits per heavy atom. The second-order valence-corrected chi connectivity index (χ2v) is 5.34. The quantitative estimate of drug-likeness (QED) is 0.740. The number of halogens is 1. The lowest BCUT2D eigenvalue weighted by atomic mass is 10.2. The maximum atomic E-state index is 11.2. The van der Waals surface area contributed by atoms with E-state index in [9.17, 15) is 9.59 Å². The van der Waals surface area contributed by atoms with Gasteiger partial charge in [0.15, 0.2) is 6.29 Å². The number of hydrogen-bond acceptors (Lipinski definition) is 3. The van der Waals surface area contributed by atoms with Gasteiger partial charge >= 0.3 is 5.97 Å². The predicted octanol–water partition coefficient (Wildman–Crippen LogP) is 3.27. The van der Waals surface area contributed by atoms with Gasteiger partial charge in [-0.1, -0.05) is 28.1 Å². The SMILES string of the molecule is O=Cc1nc(-c2cccc(Br)c2)n2ccc(C(=O)O)cc12. The summed E-state index contributed by atoms with van der Waals surface area (Å²) in [5.41, 5.74) is 1.63. The highest BCUT2D eigenvalue weighted by Gasteiger charge is 2.14. The summed E-state index contributed by atoms with van der Waals surface area (Å²) < 4.78 is 2.60. The molecule has 3 rings (SSSR count). The maximum absolute atomic E-state index is 11.2. The summed E-state index contributed by atoms with van der Waals surface area (Å²) in [6, 6.07) is 10.4. The Hall–Kier alpha value is -2.47. The highest BCUT2D eigenvalue weighted by molar-refractivity contribution is 9.10. The number of carboxylic acid groups (broad SMARTS) is 1. The summed E-state index contributed by atoms with van der Waals surface area (Å²) >= 11 is 3.39. The van der Waals surface area contributed by atoms with Gasteiger partial charge in [-0.15, -0.1) is 0 Å². The van der Waals surface area contributed by atoms with Crippen molar-refractivity contribution in [1.29, 1.82) is 0 Å². The van der Waals surface area contributed by atoms with Crippen LogP contribution < -0.4 is 0 Å². The van der Waals surface area contributed by atoms with Gasteiger partial charge in [-0.05, 0) is 24.3 Å². The van der Waals surface area contributed by atoms with E-state index in [1.807, 2.05) is 24.3 Å². The van der Waals surface area contributed by atoms with Gasteiger partial charge in [-0.3, -0.25) is 9.20 Å². The second-order valence-electron chi connectivity index (χ2n) is 4.42. The fourth-order valence-electron chi connectivity index (χ4n) is 2.16. The van der Waals surface area contributed by atoms with Crippen LogP contribution in [-0.4, -0.2) is 26.7 Å². The Morgan fingerprint density at radius 2 is 2.10 bits per heavy atom. The molecule has 0 aliphatic carbocycles. The zero-order valence-corrected chi connectivity index (χ0v) is 12.2. The summed E-state index contributed by atoms with van der Waals surface area (Å²) in [5, 5.41) is 9.04. The number of imidazole rings is 1. The average Bonchev–Trinajstić information content (AvgIpc) is 2.85. The molecular weight excluding hydrogens is 336 g/mol. The molecule has 1 aromatic carbocycles. The summed E-state index contributed by atoms with van der Waals surface area (Å²) in [6.45, 7) is 0. The largest absolute Gasteiger partial charge is 0.478 e. The lowest BCUT2D eigenvalue weighted by Crippen LogP contribution is -1.98. The van der Waals surface area contributed by atoms with Crippen molar-refractivity contribution in [3.05, 3.63) is 58.3 Å².